The van der Waals surface area contributed by atoms with Crippen LogP contribution < -0.4 is 10.9 Å². The molecular formula is C12H18N4O3S. The zero-order valence-electron chi connectivity index (χ0n) is 11.0. The number of nitrogens with zero attached hydrogens (tertiary/aromatic N) is 2. The molecule has 0 radical (unpaired) electrons. The van der Waals surface area contributed by atoms with Gasteiger partial charge in [0, 0.05) is 13.1 Å². The van der Waals surface area contributed by atoms with Crippen molar-refractivity contribution >= 4 is 16.0 Å². The molecule has 1 heterocycles. The molecule has 0 aromatic heterocycles. The summed E-state index contributed by atoms with van der Waals surface area (Å²) in [7, 11) is -3.65. The number of aliphatic imine (C=N–C) groups is 1. The summed E-state index contributed by atoms with van der Waals surface area (Å²) in [5.74, 6) is 0.476. The molecule has 1 aromatic rings. The number of morpholine rings is 1. The summed E-state index contributed by atoms with van der Waals surface area (Å²) >= 11 is 0. The van der Waals surface area contributed by atoms with Crippen molar-refractivity contribution in [1.29, 1.82) is 0 Å². The van der Waals surface area contributed by atoms with Gasteiger partial charge in [0.25, 0.3) is 0 Å². The van der Waals surface area contributed by atoms with E-state index in [0.717, 1.165) is 18.7 Å². The first-order chi connectivity index (χ1) is 9.47. The van der Waals surface area contributed by atoms with Gasteiger partial charge >= 0.3 is 0 Å². The lowest BCUT2D eigenvalue weighted by molar-refractivity contribution is 0.0674. The van der Waals surface area contributed by atoms with Gasteiger partial charge in [-0.2, -0.15) is 0 Å². The molecule has 0 spiro atoms. The SMILES string of the molecule is NC(=NCc1ccc(S(N)(=O)=O)cc1)N1CCOCC1. The zero-order valence-corrected chi connectivity index (χ0v) is 11.8. The Balaban J connectivity index is 1.99. The molecule has 110 valence electrons. The van der Waals surface area contributed by atoms with Crippen LogP contribution in [0, 0.1) is 0 Å². The molecule has 20 heavy (non-hydrogen) atoms. The summed E-state index contributed by atoms with van der Waals surface area (Å²) in [4.78, 5) is 6.34. The number of primary sulfonamides is 1. The van der Waals surface area contributed by atoms with Crippen LogP contribution in [0.25, 0.3) is 0 Å². The standard InChI is InChI=1S/C12H18N4O3S/c13-12(16-5-7-19-8-6-16)15-9-10-1-3-11(4-2-10)20(14,17)18/h1-4H,5-9H2,(H2,13,15)(H2,14,17,18). The van der Waals surface area contributed by atoms with Gasteiger partial charge in [-0.05, 0) is 17.7 Å². The fourth-order valence-corrected chi connectivity index (χ4v) is 2.36. The highest BCUT2D eigenvalue weighted by Crippen LogP contribution is 2.09. The average molecular weight is 298 g/mol. The minimum absolute atomic E-state index is 0.0892. The van der Waals surface area contributed by atoms with E-state index in [1.807, 2.05) is 4.90 Å². The van der Waals surface area contributed by atoms with Gasteiger partial charge < -0.3 is 15.4 Å². The molecule has 2 rings (SSSR count). The van der Waals surface area contributed by atoms with Crippen LogP contribution in [0.15, 0.2) is 34.2 Å². The third kappa shape index (κ3) is 3.92. The number of nitrogens with two attached hydrogens (primary N) is 2. The van der Waals surface area contributed by atoms with Crippen molar-refractivity contribution < 1.29 is 13.2 Å². The van der Waals surface area contributed by atoms with E-state index in [1.54, 1.807) is 12.1 Å². The Bertz CT molecular complexity index is 577. The topological polar surface area (TPSA) is 111 Å². The third-order valence-corrected chi connectivity index (χ3v) is 3.94. The van der Waals surface area contributed by atoms with Gasteiger partial charge in [-0.3, -0.25) is 0 Å². The molecule has 0 saturated carbocycles. The quantitative estimate of drug-likeness (QED) is 0.576. The number of sulfonamides is 1. The lowest BCUT2D eigenvalue weighted by Crippen LogP contribution is -2.44. The molecule has 1 aromatic carbocycles. The molecule has 0 bridgehead atoms. The summed E-state index contributed by atoms with van der Waals surface area (Å²) in [6.07, 6.45) is 0. The Kier molecular flexibility index (Phi) is 4.58. The summed E-state index contributed by atoms with van der Waals surface area (Å²) in [5, 5.41) is 5.03. The van der Waals surface area contributed by atoms with Gasteiger partial charge in [0.15, 0.2) is 5.96 Å². The van der Waals surface area contributed by atoms with Crippen molar-refractivity contribution in [2.24, 2.45) is 15.9 Å². The normalized spacial score (nSPS) is 17.2. The fraction of sp³-hybridized carbons (Fsp3) is 0.417. The van der Waals surface area contributed by atoms with E-state index in [0.29, 0.717) is 25.7 Å². The highest BCUT2D eigenvalue weighted by atomic mass is 32.2. The van der Waals surface area contributed by atoms with E-state index in [-0.39, 0.29) is 4.90 Å². The first-order valence-electron chi connectivity index (χ1n) is 6.21. The van der Waals surface area contributed by atoms with Crippen LogP contribution in [0.5, 0.6) is 0 Å². The molecule has 8 heteroatoms. The number of hydrogen-bond donors (Lipinski definition) is 2. The zero-order chi connectivity index (χ0) is 14.6. The molecule has 1 aliphatic heterocycles. The Morgan fingerprint density at radius 1 is 1.25 bits per heavy atom. The van der Waals surface area contributed by atoms with Gasteiger partial charge in [-0.15, -0.1) is 0 Å². The second-order valence-electron chi connectivity index (χ2n) is 4.46. The van der Waals surface area contributed by atoms with E-state index in [2.05, 4.69) is 4.99 Å². The molecule has 1 fully saturated rings. The number of hydrogen-bond acceptors (Lipinski definition) is 4. The molecule has 7 nitrogen and oxygen atoms in total. The second-order valence-corrected chi connectivity index (χ2v) is 6.02. The second kappa shape index (κ2) is 6.21. The number of ether oxygens (including phenoxy) is 1. The van der Waals surface area contributed by atoms with Gasteiger partial charge in [0.1, 0.15) is 0 Å². The highest BCUT2D eigenvalue weighted by Gasteiger charge is 2.12. The van der Waals surface area contributed by atoms with Crippen LogP contribution in [-0.4, -0.2) is 45.6 Å². The summed E-state index contributed by atoms with van der Waals surface area (Å²) < 4.78 is 27.5. The lowest BCUT2D eigenvalue weighted by Gasteiger charge is -2.27. The smallest absolute Gasteiger partial charge is 0.238 e. The van der Waals surface area contributed by atoms with Crippen LogP contribution >= 0.6 is 0 Å². The number of benzene rings is 1. The van der Waals surface area contributed by atoms with Crippen LogP contribution in [0.3, 0.4) is 0 Å². The van der Waals surface area contributed by atoms with Gasteiger partial charge in [0.05, 0.1) is 24.7 Å². The third-order valence-electron chi connectivity index (χ3n) is 3.01. The van der Waals surface area contributed by atoms with Crippen LogP contribution in [0.1, 0.15) is 5.56 Å². The minimum Gasteiger partial charge on any atom is -0.378 e. The van der Waals surface area contributed by atoms with E-state index >= 15 is 0 Å². The summed E-state index contributed by atoms with van der Waals surface area (Å²) in [5.41, 5.74) is 6.77. The van der Waals surface area contributed by atoms with Gasteiger partial charge in [0.2, 0.25) is 10.0 Å². The van der Waals surface area contributed by atoms with Crippen molar-refractivity contribution in [3.63, 3.8) is 0 Å². The Hall–Kier alpha value is -1.64. The summed E-state index contributed by atoms with van der Waals surface area (Å²) in [6.45, 7) is 3.17. The predicted octanol–water partition coefficient (Wildman–Crippen LogP) is -0.519. The molecule has 0 amide bonds. The van der Waals surface area contributed by atoms with Crippen molar-refractivity contribution in [1.82, 2.24) is 4.90 Å². The van der Waals surface area contributed by atoms with E-state index in [4.69, 9.17) is 15.6 Å². The maximum atomic E-state index is 11.1. The maximum Gasteiger partial charge on any atom is 0.238 e. The number of guanidine groups is 1. The van der Waals surface area contributed by atoms with E-state index < -0.39 is 10.0 Å². The highest BCUT2D eigenvalue weighted by molar-refractivity contribution is 7.89. The minimum atomic E-state index is -3.65. The van der Waals surface area contributed by atoms with Crippen molar-refractivity contribution in [3.8, 4) is 0 Å². The molecule has 1 saturated heterocycles. The molecule has 0 unspecified atom stereocenters. The largest absolute Gasteiger partial charge is 0.378 e. The summed E-state index contributed by atoms with van der Waals surface area (Å²) in [6, 6.07) is 6.28. The Labute approximate surface area is 118 Å². The van der Waals surface area contributed by atoms with E-state index in [9.17, 15) is 8.42 Å². The van der Waals surface area contributed by atoms with Gasteiger partial charge in [-0.1, -0.05) is 12.1 Å². The van der Waals surface area contributed by atoms with Crippen LogP contribution in [-0.2, 0) is 21.3 Å². The first kappa shape index (κ1) is 14.8. The Morgan fingerprint density at radius 2 is 1.85 bits per heavy atom. The maximum absolute atomic E-state index is 11.1. The average Bonchev–Trinajstić information content (AvgIpc) is 2.45. The predicted molar refractivity (Wildman–Crippen MR) is 75.5 cm³/mol. The van der Waals surface area contributed by atoms with E-state index in [1.165, 1.54) is 12.1 Å². The molecular weight excluding hydrogens is 280 g/mol. The van der Waals surface area contributed by atoms with Crippen molar-refractivity contribution in [2.75, 3.05) is 26.3 Å². The monoisotopic (exact) mass is 298 g/mol. The van der Waals surface area contributed by atoms with Crippen molar-refractivity contribution in [2.45, 2.75) is 11.4 Å². The molecule has 4 N–H and O–H groups in total. The lowest BCUT2D eigenvalue weighted by atomic mass is 10.2. The molecule has 1 aliphatic rings. The number of rotatable bonds is 3. The first-order valence-corrected chi connectivity index (χ1v) is 7.76. The van der Waals surface area contributed by atoms with Crippen LogP contribution in [0.4, 0.5) is 0 Å². The van der Waals surface area contributed by atoms with Gasteiger partial charge in [-0.25, -0.2) is 18.5 Å². The molecule has 0 aliphatic carbocycles. The van der Waals surface area contributed by atoms with Crippen molar-refractivity contribution in [3.05, 3.63) is 29.8 Å². The Morgan fingerprint density at radius 3 is 2.40 bits per heavy atom. The molecule has 0 atom stereocenters. The van der Waals surface area contributed by atoms with Crippen LogP contribution in [0.2, 0.25) is 0 Å². The fourth-order valence-electron chi connectivity index (χ4n) is 1.85.